The van der Waals surface area contributed by atoms with Crippen molar-refractivity contribution in [3.8, 4) is 11.5 Å². The quantitative estimate of drug-likeness (QED) is 0.758. The number of nitrogens with zero attached hydrogens (tertiary/aromatic N) is 1. The van der Waals surface area contributed by atoms with Crippen molar-refractivity contribution >= 4 is 11.3 Å². The van der Waals surface area contributed by atoms with Crippen LogP contribution in [0.5, 0.6) is 11.5 Å². The van der Waals surface area contributed by atoms with Gasteiger partial charge in [0.25, 0.3) is 0 Å². The third-order valence-electron chi connectivity index (χ3n) is 3.64. The number of rotatable bonds is 3. The fraction of sp³-hybridized carbons (Fsp3) is 0.333. The summed E-state index contributed by atoms with van der Waals surface area (Å²) >= 11 is 1.68. The van der Waals surface area contributed by atoms with Gasteiger partial charge in [-0.25, -0.2) is 0 Å². The lowest BCUT2D eigenvalue weighted by Crippen LogP contribution is -2.45. The lowest BCUT2D eigenvalue weighted by molar-refractivity contribution is 0.198. The molecule has 1 aromatic carbocycles. The molecule has 106 valence electrons. The van der Waals surface area contributed by atoms with Crippen molar-refractivity contribution in [1.29, 1.82) is 0 Å². The molecular formula is C15H18N2O2S. The second-order valence-electron chi connectivity index (χ2n) is 4.95. The molecule has 2 aromatic rings. The molecule has 1 aliphatic heterocycles. The van der Waals surface area contributed by atoms with E-state index in [-0.39, 0.29) is 17.5 Å². The Bertz CT molecular complexity index is 565. The van der Waals surface area contributed by atoms with E-state index < -0.39 is 0 Å². The second kappa shape index (κ2) is 5.83. The lowest BCUT2D eigenvalue weighted by atomic mass is 10.0. The first kappa shape index (κ1) is 13.4. The third kappa shape index (κ3) is 2.65. The summed E-state index contributed by atoms with van der Waals surface area (Å²) in [5.41, 5.74) is 0.773. The van der Waals surface area contributed by atoms with Crippen molar-refractivity contribution in [2.24, 2.45) is 0 Å². The number of hydrogen-bond acceptors (Lipinski definition) is 5. The van der Waals surface area contributed by atoms with E-state index in [9.17, 15) is 10.2 Å². The van der Waals surface area contributed by atoms with Gasteiger partial charge in [-0.15, -0.1) is 11.3 Å². The molecule has 1 aromatic heterocycles. The van der Waals surface area contributed by atoms with Gasteiger partial charge in [-0.3, -0.25) is 4.90 Å². The van der Waals surface area contributed by atoms with Gasteiger partial charge in [0, 0.05) is 36.6 Å². The minimum absolute atomic E-state index is 0.00389. The van der Waals surface area contributed by atoms with Gasteiger partial charge in [0.1, 0.15) is 11.5 Å². The predicted molar refractivity (Wildman–Crippen MR) is 80.4 cm³/mol. The largest absolute Gasteiger partial charge is 0.508 e. The molecule has 0 bridgehead atoms. The molecule has 1 atom stereocenters. The smallest absolute Gasteiger partial charge is 0.121 e. The van der Waals surface area contributed by atoms with Gasteiger partial charge in [0.15, 0.2) is 0 Å². The minimum atomic E-state index is 0.00389. The Morgan fingerprint density at radius 3 is 2.65 bits per heavy atom. The van der Waals surface area contributed by atoms with Gasteiger partial charge in [0.05, 0.1) is 6.04 Å². The van der Waals surface area contributed by atoms with E-state index in [2.05, 4.69) is 16.3 Å². The Kier molecular flexibility index (Phi) is 3.91. The summed E-state index contributed by atoms with van der Waals surface area (Å²) in [6.45, 7) is 3.75. The number of phenolic OH excluding ortho intramolecular Hbond substituents is 2. The Morgan fingerprint density at radius 2 is 1.95 bits per heavy atom. The average molecular weight is 290 g/mol. The average Bonchev–Trinajstić information content (AvgIpc) is 2.98. The molecular weight excluding hydrogens is 272 g/mol. The first-order valence-corrected chi connectivity index (χ1v) is 7.64. The van der Waals surface area contributed by atoms with Crippen LogP contribution in [0.4, 0.5) is 0 Å². The normalized spacial score (nSPS) is 18.0. The number of thiophene rings is 1. The first-order valence-electron chi connectivity index (χ1n) is 6.76. The fourth-order valence-electron chi connectivity index (χ4n) is 2.68. The van der Waals surface area contributed by atoms with Gasteiger partial charge >= 0.3 is 0 Å². The van der Waals surface area contributed by atoms with Crippen LogP contribution in [-0.2, 0) is 0 Å². The molecule has 1 saturated heterocycles. The number of hydrogen-bond donors (Lipinski definition) is 3. The van der Waals surface area contributed by atoms with Crippen LogP contribution < -0.4 is 5.32 Å². The summed E-state index contributed by atoms with van der Waals surface area (Å²) in [5.74, 6) is 0.425. The molecule has 0 saturated carbocycles. The van der Waals surface area contributed by atoms with Crippen LogP contribution in [-0.4, -0.2) is 41.3 Å². The highest BCUT2D eigenvalue weighted by Gasteiger charge is 2.27. The maximum absolute atomic E-state index is 10.2. The standard InChI is InChI=1S/C15H18N2O2S/c18-11-3-4-13(19)12(10-11)15(14-2-1-9-20-14)17-7-5-16-6-8-17/h1-4,9-10,15-16,18-19H,5-8H2/t15-/m0/s1. The Labute approximate surface area is 122 Å². The van der Waals surface area contributed by atoms with Crippen molar-refractivity contribution in [3.05, 3.63) is 46.2 Å². The van der Waals surface area contributed by atoms with Crippen molar-refractivity contribution in [2.75, 3.05) is 26.2 Å². The summed E-state index contributed by atoms with van der Waals surface area (Å²) in [7, 11) is 0. The van der Waals surface area contributed by atoms with Crippen LogP contribution in [0, 0.1) is 0 Å². The highest BCUT2D eigenvalue weighted by Crippen LogP contribution is 2.38. The monoisotopic (exact) mass is 290 g/mol. The van der Waals surface area contributed by atoms with Gasteiger partial charge in [-0.1, -0.05) is 6.07 Å². The minimum Gasteiger partial charge on any atom is -0.508 e. The van der Waals surface area contributed by atoms with Gasteiger partial charge in [0.2, 0.25) is 0 Å². The molecule has 3 rings (SSSR count). The molecule has 0 unspecified atom stereocenters. The van der Waals surface area contributed by atoms with Crippen molar-refractivity contribution in [2.45, 2.75) is 6.04 Å². The number of nitrogens with one attached hydrogen (secondary N) is 1. The molecule has 0 amide bonds. The molecule has 20 heavy (non-hydrogen) atoms. The zero-order valence-electron chi connectivity index (χ0n) is 11.1. The maximum Gasteiger partial charge on any atom is 0.121 e. The molecule has 0 spiro atoms. The number of benzene rings is 1. The number of phenols is 2. The van der Waals surface area contributed by atoms with E-state index in [0.29, 0.717) is 0 Å². The second-order valence-corrected chi connectivity index (χ2v) is 5.93. The zero-order valence-corrected chi connectivity index (χ0v) is 11.9. The summed E-state index contributed by atoms with van der Waals surface area (Å²) < 4.78 is 0. The molecule has 3 N–H and O–H groups in total. The Morgan fingerprint density at radius 1 is 1.15 bits per heavy atom. The summed E-state index contributed by atoms with van der Waals surface area (Å²) in [6, 6.07) is 8.86. The van der Waals surface area contributed by atoms with Crippen molar-refractivity contribution < 1.29 is 10.2 Å². The van der Waals surface area contributed by atoms with Crippen LogP contribution >= 0.6 is 11.3 Å². The summed E-state index contributed by atoms with van der Waals surface area (Å²) in [5, 5.41) is 25.3. The van der Waals surface area contributed by atoms with Crippen LogP contribution in [0.1, 0.15) is 16.5 Å². The molecule has 2 heterocycles. The van der Waals surface area contributed by atoms with E-state index in [1.807, 2.05) is 11.4 Å². The highest BCUT2D eigenvalue weighted by atomic mass is 32.1. The van der Waals surface area contributed by atoms with E-state index in [0.717, 1.165) is 31.7 Å². The van der Waals surface area contributed by atoms with E-state index in [4.69, 9.17) is 0 Å². The number of aromatic hydroxyl groups is 2. The fourth-order valence-corrected chi connectivity index (χ4v) is 3.55. The molecule has 0 aliphatic carbocycles. The molecule has 1 aliphatic rings. The van der Waals surface area contributed by atoms with Gasteiger partial charge in [-0.2, -0.15) is 0 Å². The topological polar surface area (TPSA) is 55.7 Å². The van der Waals surface area contributed by atoms with Crippen molar-refractivity contribution in [3.63, 3.8) is 0 Å². The first-order chi connectivity index (χ1) is 9.75. The molecule has 5 heteroatoms. The van der Waals surface area contributed by atoms with Crippen LogP contribution in [0.2, 0.25) is 0 Å². The SMILES string of the molecule is Oc1ccc(O)c([C@@H](c2cccs2)N2CCNCC2)c1. The molecule has 0 radical (unpaired) electrons. The zero-order chi connectivity index (χ0) is 13.9. The van der Waals surface area contributed by atoms with Crippen LogP contribution in [0.25, 0.3) is 0 Å². The summed E-state index contributed by atoms with van der Waals surface area (Å²) in [6.07, 6.45) is 0. The lowest BCUT2D eigenvalue weighted by Gasteiger charge is -2.35. The summed E-state index contributed by atoms with van der Waals surface area (Å²) in [4.78, 5) is 3.53. The molecule has 1 fully saturated rings. The van der Waals surface area contributed by atoms with Crippen LogP contribution in [0.3, 0.4) is 0 Å². The van der Waals surface area contributed by atoms with E-state index in [1.165, 1.54) is 10.9 Å². The van der Waals surface area contributed by atoms with Crippen molar-refractivity contribution in [1.82, 2.24) is 10.2 Å². The van der Waals surface area contributed by atoms with Crippen LogP contribution in [0.15, 0.2) is 35.7 Å². The number of piperazine rings is 1. The van der Waals surface area contributed by atoms with Gasteiger partial charge in [-0.05, 0) is 29.6 Å². The van der Waals surface area contributed by atoms with E-state index in [1.54, 1.807) is 23.5 Å². The predicted octanol–water partition coefficient (Wildman–Crippen LogP) is 2.15. The Hall–Kier alpha value is -1.56. The van der Waals surface area contributed by atoms with Gasteiger partial charge < -0.3 is 15.5 Å². The van der Waals surface area contributed by atoms with E-state index >= 15 is 0 Å². The molecule has 4 nitrogen and oxygen atoms in total. The third-order valence-corrected chi connectivity index (χ3v) is 4.56. The highest BCUT2D eigenvalue weighted by molar-refractivity contribution is 7.10. The maximum atomic E-state index is 10.2. The Balaban J connectivity index is 2.02.